The molecule has 0 saturated carbocycles. The minimum Gasteiger partial charge on any atom is -0.497 e. The Morgan fingerprint density at radius 2 is 1.95 bits per heavy atom. The Bertz CT molecular complexity index is 597. The number of benzene rings is 1. The number of methoxy groups -OCH3 is 1. The molecule has 2 N–H and O–H groups in total. The van der Waals surface area contributed by atoms with Gasteiger partial charge in [-0.1, -0.05) is 18.2 Å². The molecular weight excluding hydrogens is 266 g/mol. The summed E-state index contributed by atoms with van der Waals surface area (Å²) in [5, 5.41) is 5.94. The minimum absolute atomic E-state index is 0.189. The maximum atomic E-state index is 12.1. The van der Waals surface area contributed by atoms with Crippen LogP contribution < -0.4 is 15.4 Å². The fourth-order valence-corrected chi connectivity index (χ4v) is 1.86. The van der Waals surface area contributed by atoms with Crippen LogP contribution in [0.2, 0.25) is 0 Å². The van der Waals surface area contributed by atoms with Gasteiger partial charge in [-0.25, -0.2) is 4.98 Å². The van der Waals surface area contributed by atoms with E-state index >= 15 is 0 Å². The number of amides is 1. The highest BCUT2D eigenvalue weighted by Crippen LogP contribution is 2.11. The number of rotatable bonds is 6. The first kappa shape index (κ1) is 14.8. The molecule has 0 unspecified atom stereocenters. The van der Waals surface area contributed by atoms with Crippen LogP contribution in [-0.2, 0) is 6.54 Å². The Balaban J connectivity index is 1.95. The SMILES string of the molecule is CCNc1cccc(C(=O)NCc2ccc(OC)cc2)n1. The van der Waals surface area contributed by atoms with Gasteiger partial charge in [0.1, 0.15) is 17.3 Å². The van der Waals surface area contributed by atoms with Crippen molar-refractivity contribution in [2.24, 2.45) is 0 Å². The van der Waals surface area contributed by atoms with Crippen LogP contribution in [0.15, 0.2) is 42.5 Å². The summed E-state index contributed by atoms with van der Waals surface area (Å²) in [6.45, 7) is 3.21. The number of carbonyl (C=O) groups is 1. The van der Waals surface area contributed by atoms with E-state index in [0.717, 1.165) is 17.9 Å². The molecular formula is C16H19N3O2. The van der Waals surface area contributed by atoms with Crippen LogP contribution in [-0.4, -0.2) is 24.5 Å². The summed E-state index contributed by atoms with van der Waals surface area (Å²) >= 11 is 0. The highest BCUT2D eigenvalue weighted by atomic mass is 16.5. The fraction of sp³-hybridized carbons (Fsp3) is 0.250. The quantitative estimate of drug-likeness (QED) is 0.855. The molecule has 0 spiro atoms. The number of hydrogen-bond donors (Lipinski definition) is 2. The van der Waals surface area contributed by atoms with Crippen LogP contribution in [0, 0.1) is 0 Å². The predicted octanol–water partition coefficient (Wildman–Crippen LogP) is 2.45. The first-order chi connectivity index (χ1) is 10.2. The second-order valence-corrected chi connectivity index (χ2v) is 4.47. The first-order valence-electron chi connectivity index (χ1n) is 6.85. The van der Waals surface area contributed by atoms with E-state index < -0.39 is 0 Å². The number of nitrogens with one attached hydrogen (secondary N) is 2. The molecule has 1 aromatic carbocycles. The lowest BCUT2D eigenvalue weighted by Crippen LogP contribution is -2.24. The Labute approximate surface area is 124 Å². The average Bonchev–Trinajstić information content (AvgIpc) is 2.53. The van der Waals surface area contributed by atoms with E-state index in [-0.39, 0.29) is 5.91 Å². The number of pyridine rings is 1. The molecule has 21 heavy (non-hydrogen) atoms. The van der Waals surface area contributed by atoms with Gasteiger partial charge in [0.25, 0.3) is 5.91 Å². The molecule has 0 aliphatic carbocycles. The van der Waals surface area contributed by atoms with Crippen molar-refractivity contribution in [1.29, 1.82) is 0 Å². The molecule has 1 amide bonds. The van der Waals surface area contributed by atoms with E-state index in [1.165, 1.54) is 0 Å². The van der Waals surface area contributed by atoms with Gasteiger partial charge in [-0.05, 0) is 36.8 Å². The first-order valence-corrected chi connectivity index (χ1v) is 6.85. The molecule has 0 radical (unpaired) electrons. The summed E-state index contributed by atoms with van der Waals surface area (Å²) in [4.78, 5) is 16.3. The third kappa shape index (κ3) is 4.21. The van der Waals surface area contributed by atoms with Crippen LogP contribution >= 0.6 is 0 Å². The van der Waals surface area contributed by atoms with Crippen LogP contribution in [0.1, 0.15) is 23.0 Å². The number of nitrogens with zero attached hydrogens (tertiary/aromatic N) is 1. The molecule has 0 bridgehead atoms. The maximum absolute atomic E-state index is 12.1. The van der Waals surface area contributed by atoms with Gasteiger partial charge in [0.15, 0.2) is 0 Å². The zero-order chi connectivity index (χ0) is 15.1. The second-order valence-electron chi connectivity index (χ2n) is 4.47. The van der Waals surface area contributed by atoms with Crippen LogP contribution in [0.4, 0.5) is 5.82 Å². The monoisotopic (exact) mass is 285 g/mol. The van der Waals surface area contributed by atoms with Gasteiger partial charge in [-0.3, -0.25) is 4.79 Å². The zero-order valence-corrected chi connectivity index (χ0v) is 12.2. The van der Waals surface area contributed by atoms with Crippen molar-refractivity contribution >= 4 is 11.7 Å². The van der Waals surface area contributed by atoms with Gasteiger partial charge in [-0.2, -0.15) is 0 Å². The number of hydrogen-bond acceptors (Lipinski definition) is 4. The molecule has 0 aliphatic rings. The van der Waals surface area contributed by atoms with Crippen LogP contribution in [0.5, 0.6) is 5.75 Å². The molecule has 0 atom stereocenters. The summed E-state index contributed by atoms with van der Waals surface area (Å²) in [5.41, 5.74) is 1.41. The van der Waals surface area contributed by atoms with Gasteiger partial charge >= 0.3 is 0 Å². The lowest BCUT2D eigenvalue weighted by molar-refractivity contribution is 0.0946. The molecule has 1 heterocycles. The maximum Gasteiger partial charge on any atom is 0.270 e. The average molecular weight is 285 g/mol. The van der Waals surface area contributed by atoms with Gasteiger partial charge in [-0.15, -0.1) is 0 Å². The van der Waals surface area contributed by atoms with Gasteiger partial charge < -0.3 is 15.4 Å². The van der Waals surface area contributed by atoms with Crippen molar-refractivity contribution in [3.8, 4) is 5.75 Å². The molecule has 1 aromatic heterocycles. The summed E-state index contributed by atoms with van der Waals surface area (Å²) in [7, 11) is 1.62. The zero-order valence-electron chi connectivity index (χ0n) is 12.2. The minimum atomic E-state index is -0.189. The Kier molecular flexibility index (Phi) is 5.15. The van der Waals surface area contributed by atoms with Crippen molar-refractivity contribution in [2.45, 2.75) is 13.5 Å². The molecule has 110 valence electrons. The third-order valence-electron chi connectivity index (χ3n) is 2.95. The molecule has 2 aromatic rings. The van der Waals surface area contributed by atoms with E-state index in [9.17, 15) is 4.79 Å². The largest absolute Gasteiger partial charge is 0.497 e. The van der Waals surface area contributed by atoms with E-state index in [2.05, 4.69) is 15.6 Å². The van der Waals surface area contributed by atoms with Crippen molar-refractivity contribution < 1.29 is 9.53 Å². The molecule has 0 fully saturated rings. The van der Waals surface area contributed by atoms with Crippen molar-refractivity contribution in [3.05, 3.63) is 53.7 Å². The summed E-state index contributed by atoms with van der Waals surface area (Å²) in [6.07, 6.45) is 0. The van der Waals surface area contributed by atoms with E-state index in [1.54, 1.807) is 13.2 Å². The summed E-state index contributed by atoms with van der Waals surface area (Å²) in [6, 6.07) is 12.9. The normalized spacial score (nSPS) is 10.0. The Morgan fingerprint density at radius 3 is 2.62 bits per heavy atom. The van der Waals surface area contributed by atoms with Gasteiger partial charge in [0.05, 0.1) is 7.11 Å². The lowest BCUT2D eigenvalue weighted by atomic mass is 10.2. The van der Waals surface area contributed by atoms with Crippen molar-refractivity contribution in [2.75, 3.05) is 19.0 Å². The van der Waals surface area contributed by atoms with Crippen molar-refractivity contribution in [1.82, 2.24) is 10.3 Å². The van der Waals surface area contributed by atoms with Gasteiger partial charge in [0, 0.05) is 13.1 Å². The van der Waals surface area contributed by atoms with Crippen LogP contribution in [0.3, 0.4) is 0 Å². The van der Waals surface area contributed by atoms with E-state index in [1.807, 2.05) is 43.3 Å². The molecule has 5 nitrogen and oxygen atoms in total. The summed E-state index contributed by atoms with van der Waals surface area (Å²) in [5.74, 6) is 1.31. The smallest absolute Gasteiger partial charge is 0.270 e. The third-order valence-corrected chi connectivity index (χ3v) is 2.95. The molecule has 5 heteroatoms. The predicted molar refractivity (Wildman–Crippen MR) is 82.6 cm³/mol. The number of carbonyl (C=O) groups excluding carboxylic acids is 1. The fourth-order valence-electron chi connectivity index (χ4n) is 1.86. The molecule has 2 rings (SSSR count). The highest BCUT2D eigenvalue weighted by Gasteiger charge is 2.07. The number of aromatic nitrogens is 1. The lowest BCUT2D eigenvalue weighted by Gasteiger charge is -2.07. The molecule has 0 aliphatic heterocycles. The van der Waals surface area contributed by atoms with E-state index in [0.29, 0.717) is 18.1 Å². The Hall–Kier alpha value is -2.56. The topological polar surface area (TPSA) is 63.2 Å². The standard InChI is InChI=1S/C16H19N3O2/c1-3-17-15-6-4-5-14(19-15)16(20)18-11-12-7-9-13(21-2)10-8-12/h4-10H,3,11H2,1-2H3,(H,17,19)(H,18,20). The van der Waals surface area contributed by atoms with E-state index in [4.69, 9.17) is 4.74 Å². The highest BCUT2D eigenvalue weighted by molar-refractivity contribution is 5.92. The second kappa shape index (κ2) is 7.28. The Morgan fingerprint density at radius 1 is 1.19 bits per heavy atom. The van der Waals surface area contributed by atoms with Crippen molar-refractivity contribution in [3.63, 3.8) is 0 Å². The number of anilines is 1. The number of ether oxygens (including phenoxy) is 1. The summed E-state index contributed by atoms with van der Waals surface area (Å²) < 4.78 is 5.10. The van der Waals surface area contributed by atoms with Gasteiger partial charge in [0.2, 0.25) is 0 Å². The van der Waals surface area contributed by atoms with Crippen LogP contribution in [0.25, 0.3) is 0 Å². The molecule has 0 saturated heterocycles.